The van der Waals surface area contributed by atoms with E-state index >= 15 is 0 Å². The first-order chi connectivity index (χ1) is 7.83. The summed E-state index contributed by atoms with van der Waals surface area (Å²) in [6.07, 6.45) is 3.92. The molecule has 0 unspecified atom stereocenters. The molecule has 1 aliphatic rings. The average molecular weight is 214 g/mol. The maximum absolute atomic E-state index is 5.19. The van der Waals surface area contributed by atoms with Crippen molar-refractivity contribution in [2.45, 2.75) is 5.92 Å². The number of ether oxygens (including phenoxy) is 1. The number of hydrogen-bond donors (Lipinski definition) is 0. The maximum Gasteiger partial charge on any atom is 0.0568 e. The second-order valence-electron chi connectivity index (χ2n) is 4.26. The van der Waals surface area contributed by atoms with Crippen molar-refractivity contribution in [2.24, 2.45) is 7.05 Å². The second-order valence-corrected chi connectivity index (χ2v) is 4.26. The Kier molecular flexibility index (Phi) is 2.26. The fourth-order valence-electron chi connectivity index (χ4n) is 1.95. The van der Waals surface area contributed by atoms with Gasteiger partial charge in [0.25, 0.3) is 0 Å². The Bertz CT molecular complexity index is 483. The zero-order chi connectivity index (χ0) is 11.0. The molecule has 2 aromatic rings. The summed E-state index contributed by atoms with van der Waals surface area (Å²) < 4.78 is 7.02. The smallest absolute Gasteiger partial charge is 0.0568 e. The number of aromatic nitrogens is 2. The van der Waals surface area contributed by atoms with Gasteiger partial charge in [-0.25, -0.2) is 0 Å². The Labute approximate surface area is 94.7 Å². The standard InChI is InChI=1S/C13H14N2O/c1-15-7-12(6-14-15)10-2-4-11(5-3-10)13-8-16-9-13/h2-7,13H,8-9H2,1H3. The minimum atomic E-state index is 0.600. The van der Waals surface area contributed by atoms with E-state index < -0.39 is 0 Å². The van der Waals surface area contributed by atoms with E-state index in [2.05, 4.69) is 29.4 Å². The first-order valence-electron chi connectivity index (χ1n) is 5.49. The van der Waals surface area contributed by atoms with E-state index in [1.807, 2.05) is 24.1 Å². The molecule has 0 amide bonds. The Balaban J connectivity index is 1.86. The van der Waals surface area contributed by atoms with E-state index in [1.165, 1.54) is 16.7 Å². The molecule has 0 N–H and O–H groups in total. The van der Waals surface area contributed by atoms with Crippen LogP contribution in [0.3, 0.4) is 0 Å². The third-order valence-corrected chi connectivity index (χ3v) is 3.06. The third kappa shape index (κ3) is 1.63. The molecule has 1 aromatic heterocycles. The van der Waals surface area contributed by atoms with Crippen molar-refractivity contribution in [3.8, 4) is 11.1 Å². The van der Waals surface area contributed by atoms with Crippen LogP contribution < -0.4 is 0 Å². The SMILES string of the molecule is Cn1cc(-c2ccc(C3COC3)cc2)cn1. The molecule has 3 heteroatoms. The highest BCUT2D eigenvalue weighted by Gasteiger charge is 2.19. The van der Waals surface area contributed by atoms with Crippen LogP contribution in [-0.4, -0.2) is 23.0 Å². The first kappa shape index (κ1) is 9.60. The van der Waals surface area contributed by atoms with Gasteiger partial charge in [-0.3, -0.25) is 4.68 Å². The summed E-state index contributed by atoms with van der Waals surface area (Å²) in [6, 6.07) is 8.69. The molecule has 1 fully saturated rings. The van der Waals surface area contributed by atoms with Crippen LogP contribution in [-0.2, 0) is 11.8 Å². The number of aryl methyl sites for hydroxylation is 1. The minimum absolute atomic E-state index is 0.600. The van der Waals surface area contributed by atoms with Gasteiger partial charge in [0.1, 0.15) is 0 Å². The van der Waals surface area contributed by atoms with Gasteiger partial charge < -0.3 is 4.74 Å². The van der Waals surface area contributed by atoms with Gasteiger partial charge in [0.15, 0.2) is 0 Å². The van der Waals surface area contributed by atoms with Gasteiger partial charge in [-0.2, -0.15) is 5.10 Å². The summed E-state index contributed by atoms with van der Waals surface area (Å²) in [7, 11) is 1.93. The van der Waals surface area contributed by atoms with E-state index in [4.69, 9.17) is 4.74 Å². The van der Waals surface area contributed by atoms with Crippen LogP contribution in [0.25, 0.3) is 11.1 Å². The maximum atomic E-state index is 5.19. The Morgan fingerprint density at radius 2 is 1.94 bits per heavy atom. The van der Waals surface area contributed by atoms with Gasteiger partial charge in [-0.15, -0.1) is 0 Å². The van der Waals surface area contributed by atoms with Crippen molar-refractivity contribution in [3.63, 3.8) is 0 Å². The molecule has 1 saturated heterocycles. The molecule has 16 heavy (non-hydrogen) atoms. The molecule has 0 bridgehead atoms. The Morgan fingerprint density at radius 1 is 1.19 bits per heavy atom. The zero-order valence-electron chi connectivity index (χ0n) is 9.26. The second kappa shape index (κ2) is 3.76. The number of nitrogens with zero attached hydrogens (tertiary/aromatic N) is 2. The lowest BCUT2D eigenvalue weighted by Gasteiger charge is -2.26. The summed E-state index contributed by atoms with van der Waals surface area (Å²) in [4.78, 5) is 0. The molecule has 0 spiro atoms. The lowest BCUT2D eigenvalue weighted by atomic mass is 9.96. The predicted molar refractivity (Wildman–Crippen MR) is 62.2 cm³/mol. The fraction of sp³-hybridized carbons (Fsp3) is 0.308. The monoisotopic (exact) mass is 214 g/mol. The summed E-state index contributed by atoms with van der Waals surface area (Å²) in [5.74, 6) is 0.600. The normalized spacial score (nSPS) is 16.1. The molecule has 1 aromatic carbocycles. The van der Waals surface area contributed by atoms with Crippen molar-refractivity contribution < 1.29 is 4.74 Å². The molecule has 82 valence electrons. The van der Waals surface area contributed by atoms with Crippen LogP contribution in [0.1, 0.15) is 11.5 Å². The summed E-state index contributed by atoms with van der Waals surface area (Å²) in [5.41, 5.74) is 3.76. The largest absolute Gasteiger partial charge is 0.380 e. The van der Waals surface area contributed by atoms with Crippen LogP contribution in [0.5, 0.6) is 0 Å². The highest BCUT2D eigenvalue weighted by molar-refractivity contribution is 5.62. The highest BCUT2D eigenvalue weighted by atomic mass is 16.5. The van der Waals surface area contributed by atoms with Crippen LogP contribution in [0.2, 0.25) is 0 Å². The van der Waals surface area contributed by atoms with Gasteiger partial charge in [-0.1, -0.05) is 24.3 Å². The molecule has 0 radical (unpaired) electrons. The van der Waals surface area contributed by atoms with E-state index in [9.17, 15) is 0 Å². The van der Waals surface area contributed by atoms with Gasteiger partial charge in [0.05, 0.1) is 19.4 Å². The molecule has 0 atom stereocenters. The van der Waals surface area contributed by atoms with E-state index in [1.54, 1.807) is 0 Å². The fourth-order valence-corrected chi connectivity index (χ4v) is 1.95. The van der Waals surface area contributed by atoms with Crippen LogP contribution in [0.15, 0.2) is 36.7 Å². The first-order valence-corrected chi connectivity index (χ1v) is 5.49. The predicted octanol–water partition coefficient (Wildman–Crippen LogP) is 2.20. The Morgan fingerprint density at radius 3 is 2.44 bits per heavy atom. The minimum Gasteiger partial charge on any atom is -0.380 e. The summed E-state index contributed by atoms with van der Waals surface area (Å²) >= 11 is 0. The zero-order valence-corrected chi connectivity index (χ0v) is 9.26. The van der Waals surface area contributed by atoms with Crippen molar-refractivity contribution in [1.82, 2.24) is 9.78 Å². The topological polar surface area (TPSA) is 27.1 Å². The van der Waals surface area contributed by atoms with Crippen molar-refractivity contribution in [3.05, 3.63) is 42.2 Å². The molecule has 0 aliphatic carbocycles. The number of benzene rings is 1. The number of rotatable bonds is 2. The molecular formula is C13H14N2O. The molecule has 1 aliphatic heterocycles. The molecule has 3 rings (SSSR count). The lowest BCUT2D eigenvalue weighted by Crippen LogP contribution is -2.24. The molecular weight excluding hydrogens is 200 g/mol. The Hall–Kier alpha value is -1.61. The van der Waals surface area contributed by atoms with Crippen molar-refractivity contribution in [2.75, 3.05) is 13.2 Å². The number of hydrogen-bond acceptors (Lipinski definition) is 2. The van der Waals surface area contributed by atoms with Crippen LogP contribution >= 0.6 is 0 Å². The van der Waals surface area contributed by atoms with Crippen molar-refractivity contribution in [1.29, 1.82) is 0 Å². The highest BCUT2D eigenvalue weighted by Crippen LogP contribution is 2.26. The van der Waals surface area contributed by atoms with Gasteiger partial charge in [0, 0.05) is 24.7 Å². The van der Waals surface area contributed by atoms with E-state index in [0.29, 0.717) is 5.92 Å². The molecule has 0 saturated carbocycles. The van der Waals surface area contributed by atoms with Gasteiger partial charge >= 0.3 is 0 Å². The van der Waals surface area contributed by atoms with Gasteiger partial charge in [-0.05, 0) is 11.1 Å². The molecule has 2 heterocycles. The average Bonchev–Trinajstić information content (AvgIpc) is 2.63. The molecule has 3 nitrogen and oxygen atoms in total. The van der Waals surface area contributed by atoms with E-state index in [0.717, 1.165) is 13.2 Å². The third-order valence-electron chi connectivity index (χ3n) is 3.06. The van der Waals surface area contributed by atoms with Crippen molar-refractivity contribution >= 4 is 0 Å². The van der Waals surface area contributed by atoms with Gasteiger partial charge in [0.2, 0.25) is 0 Å². The summed E-state index contributed by atoms with van der Waals surface area (Å²) in [6.45, 7) is 1.73. The van der Waals surface area contributed by atoms with Crippen LogP contribution in [0, 0.1) is 0 Å². The summed E-state index contributed by atoms with van der Waals surface area (Å²) in [5, 5.41) is 4.17. The van der Waals surface area contributed by atoms with Crippen LogP contribution in [0.4, 0.5) is 0 Å². The quantitative estimate of drug-likeness (QED) is 0.766. The van der Waals surface area contributed by atoms with E-state index in [-0.39, 0.29) is 0 Å². The lowest BCUT2D eigenvalue weighted by molar-refractivity contribution is 0.00843.